The highest BCUT2D eigenvalue weighted by molar-refractivity contribution is 5.94. The number of ether oxygens (including phenoxy) is 1. The van der Waals surface area contributed by atoms with Gasteiger partial charge in [0.15, 0.2) is 0 Å². The van der Waals surface area contributed by atoms with Crippen molar-refractivity contribution in [2.45, 2.75) is 44.2 Å². The van der Waals surface area contributed by atoms with Crippen LogP contribution in [-0.2, 0) is 11.3 Å². The lowest BCUT2D eigenvalue weighted by molar-refractivity contribution is 0.0698. The summed E-state index contributed by atoms with van der Waals surface area (Å²) < 4.78 is 22.4. The Kier molecular flexibility index (Phi) is 5.30. The first-order chi connectivity index (χ1) is 13.6. The molecule has 1 aromatic carbocycles. The van der Waals surface area contributed by atoms with E-state index in [1.54, 1.807) is 28.7 Å². The van der Waals surface area contributed by atoms with Crippen LogP contribution in [0.3, 0.4) is 0 Å². The van der Waals surface area contributed by atoms with Gasteiger partial charge >= 0.3 is 5.69 Å². The summed E-state index contributed by atoms with van der Waals surface area (Å²) in [6, 6.07) is 6.26. The number of rotatable bonds is 6. The summed E-state index contributed by atoms with van der Waals surface area (Å²) >= 11 is 0. The van der Waals surface area contributed by atoms with Crippen LogP contribution in [0.15, 0.2) is 29.1 Å². The van der Waals surface area contributed by atoms with Crippen LogP contribution in [0.2, 0.25) is 0 Å². The number of hydrogen-bond acceptors (Lipinski definition) is 4. The number of benzene rings is 1. The van der Waals surface area contributed by atoms with Crippen molar-refractivity contribution in [1.82, 2.24) is 19.2 Å². The van der Waals surface area contributed by atoms with Crippen molar-refractivity contribution in [1.29, 1.82) is 0 Å². The fourth-order valence-corrected chi connectivity index (χ4v) is 3.89. The Bertz CT molecular complexity index is 918. The van der Waals surface area contributed by atoms with E-state index in [2.05, 4.69) is 5.10 Å². The van der Waals surface area contributed by atoms with Gasteiger partial charge in [0.05, 0.1) is 18.7 Å². The Morgan fingerprint density at radius 3 is 2.79 bits per heavy atom. The van der Waals surface area contributed by atoms with Gasteiger partial charge in [-0.15, -0.1) is 0 Å². The SMILES string of the molecule is COCCn1nc([C@H]2CCCN(C(=O)c3ccccc3F)C2)n(C2CC2)c1=O. The number of methoxy groups -OCH3 is 1. The Labute approximate surface area is 162 Å². The summed E-state index contributed by atoms with van der Waals surface area (Å²) in [7, 11) is 1.59. The highest BCUT2D eigenvalue weighted by atomic mass is 19.1. The molecule has 150 valence electrons. The molecule has 4 rings (SSSR count). The molecule has 0 spiro atoms. The molecule has 0 bridgehead atoms. The van der Waals surface area contributed by atoms with Crippen LogP contribution in [0.25, 0.3) is 0 Å². The third-order valence-corrected chi connectivity index (χ3v) is 5.49. The third kappa shape index (κ3) is 3.61. The number of piperidine rings is 1. The molecular weight excluding hydrogens is 363 g/mol. The molecule has 2 aromatic rings. The predicted octanol–water partition coefficient (Wildman–Crippen LogP) is 2.18. The molecule has 1 atom stereocenters. The van der Waals surface area contributed by atoms with Gasteiger partial charge in [0.2, 0.25) is 0 Å². The number of carbonyl (C=O) groups excluding carboxylic acids is 1. The quantitative estimate of drug-likeness (QED) is 0.761. The lowest BCUT2D eigenvalue weighted by Crippen LogP contribution is -2.40. The highest BCUT2D eigenvalue weighted by Gasteiger charge is 2.35. The summed E-state index contributed by atoms with van der Waals surface area (Å²) in [5.74, 6) is -0.0912. The molecule has 7 nitrogen and oxygen atoms in total. The second-order valence-corrected chi connectivity index (χ2v) is 7.53. The molecule has 2 fully saturated rings. The Morgan fingerprint density at radius 1 is 1.29 bits per heavy atom. The first-order valence-corrected chi connectivity index (χ1v) is 9.82. The topological polar surface area (TPSA) is 69.4 Å². The molecule has 1 aromatic heterocycles. The Morgan fingerprint density at radius 2 is 2.07 bits per heavy atom. The minimum atomic E-state index is -0.506. The molecule has 1 amide bonds. The molecule has 0 N–H and O–H groups in total. The number of likely N-dealkylation sites (tertiary alicyclic amines) is 1. The predicted molar refractivity (Wildman–Crippen MR) is 101 cm³/mol. The molecular formula is C20H25FN4O3. The van der Waals surface area contributed by atoms with Crippen LogP contribution in [0, 0.1) is 5.82 Å². The van der Waals surface area contributed by atoms with E-state index in [9.17, 15) is 14.0 Å². The van der Waals surface area contributed by atoms with E-state index >= 15 is 0 Å². The van der Waals surface area contributed by atoms with Crippen molar-refractivity contribution in [3.05, 3.63) is 52.0 Å². The molecule has 1 saturated carbocycles. The molecule has 28 heavy (non-hydrogen) atoms. The maximum atomic E-state index is 14.0. The molecule has 1 saturated heterocycles. The van der Waals surface area contributed by atoms with Crippen molar-refractivity contribution in [2.24, 2.45) is 0 Å². The second-order valence-electron chi connectivity index (χ2n) is 7.53. The molecule has 2 heterocycles. The highest BCUT2D eigenvalue weighted by Crippen LogP contribution is 2.37. The number of hydrogen-bond donors (Lipinski definition) is 0. The number of aromatic nitrogens is 3. The van der Waals surface area contributed by atoms with Gasteiger partial charge in [-0.3, -0.25) is 9.36 Å². The summed E-state index contributed by atoms with van der Waals surface area (Å²) in [5.41, 5.74) is -0.0135. The van der Waals surface area contributed by atoms with Crippen molar-refractivity contribution < 1.29 is 13.9 Å². The average Bonchev–Trinajstić information content (AvgIpc) is 3.50. The number of amides is 1. The van der Waals surface area contributed by atoms with Gasteiger partial charge in [-0.25, -0.2) is 13.9 Å². The van der Waals surface area contributed by atoms with Crippen molar-refractivity contribution >= 4 is 5.91 Å². The summed E-state index contributed by atoms with van der Waals surface area (Å²) in [6.45, 7) is 1.86. The Hall–Kier alpha value is -2.48. The van der Waals surface area contributed by atoms with Crippen LogP contribution in [-0.4, -0.2) is 52.0 Å². The fraction of sp³-hybridized carbons (Fsp3) is 0.550. The second kappa shape index (κ2) is 7.87. The van der Waals surface area contributed by atoms with Crippen molar-refractivity contribution in [3.63, 3.8) is 0 Å². The van der Waals surface area contributed by atoms with E-state index in [0.29, 0.717) is 26.2 Å². The fourth-order valence-electron chi connectivity index (χ4n) is 3.89. The summed E-state index contributed by atoms with van der Waals surface area (Å²) in [4.78, 5) is 27.3. The van der Waals surface area contributed by atoms with Crippen LogP contribution in [0.5, 0.6) is 0 Å². The normalized spacial score (nSPS) is 19.8. The van der Waals surface area contributed by atoms with E-state index in [-0.39, 0.29) is 29.1 Å². The molecule has 1 aliphatic heterocycles. The van der Waals surface area contributed by atoms with Crippen LogP contribution in [0.1, 0.15) is 53.8 Å². The summed E-state index contributed by atoms with van der Waals surface area (Å²) in [5, 5.41) is 4.59. The third-order valence-electron chi connectivity index (χ3n) is 5.49. The van der Waals surface area contributed by atoms with Gasteiger partial charge in [0.1, 0.15) is 11.6 Å². The zero-order valence-corrected chi connectivity index (χ0v) is 16.0. The lowest BCUT2D eigenvalue weighted by Gasteiger charge is -2.32. The lowest BCUT2D eigenvalue weighted by atomic mass is 9.96. The van der Waals surface area contributed by atoms with Gasteiger partial charge < -0.3 is 9.64 Å². The van der Waals surface area contributed by atoms with E-state index in [1.807, 2.05) is 0 Å². The van der Waals surface area contributed by atoms with Gasteiger partial charge in [-0.05, 0) is 37.8 Å². The number of halogens is 1. The maximum absolute atomic E-state index is 14.0. The van der Waals surface area contributed by atoms with Gasteiger partial charge in [-0.1, -0.05) is 12.1 Å². The first-order valence-electron chi connectivity index (χ1n) is 9.82. The monoisotopic (exact) mass is 388 g/mol. The minimum absolute atomic E-state index is 0.0263. The molecule has 0 unspecified atom stereocenters. The Balaban J connectivity index is 1.59. The van der Waals surface area contributed by atoms with Gasteiger partial charge in [0.25, 0.3) is 5.91 Å². The maximum Gasteiger partial charge on any atom is 0.346 e. The number of nitrogens with zero attached hydrogens (tertiary/aromatic N) is 4. The smallest absolute Gasteiger partial charge is 0.346 e. The van der Waals surface area contributed by atoms with E-state index in [4.69, 9.17) is 4.74 Å². The van der Waals surface area contributed by atoms with Crippen LogP contribution >= 0.6 is 0 Å². The van der Waals surface area contributed by atoms with E-state index < -0.39 is 5.82 Å². The average molecular weight is 388 g/mol. The standard InChI is InChI=1S/C20H25FN4O3/c1-28-12-11-24-20(27)25(15-8-9-15)18(22-24)14-5-4-10-23(13-14)19(26)16-6-2-3-7-17(16)21/h2-3,6-7,14-15H,4-5,8-13H2,1H3/t14-/m0/s1. The van der Waals surface area contributed by atoms with Crippen molar-refractivity contribution in [3.8, 4) is 0 Å². The van der Waals surface area contributed by atoms with E-state index in [0.717, 1.165) is 31.5 Å². The zero-order valence-electron chi connectivity index (χ0n) is 16.0. The molecule has 2 aliphatic rings. The molecule has 8 heteroatoms. The summed E-state index contributed by atoms with van der Waals surface area (Å²) in [6.07, 6.45) is 3.62. The van der Waals surface area contributed by atoms with Crippen LogP contribution < -0.4 is 5.69 Å². The van der Waals surface area contributed by atoms with Crippen molar-refractivity contribution in [2.75, 3.05) is 26.8 Å². The minimum Gasteiger partial charge on any atom is -0.383 e. The van der Waals surface area contributed by atoms with Gasteiger partial charge in [0, 0.05) is 32.2 Å². The van der Waals surface area contributed by atoms with Crippen LogP contribution in [0.4, 0.5) is 4.39 Å². The molecule has 0 radical (unpaired) electrons. The number of carbonyl (C=O) groups is 1. The largest absolute Gasteiger partial charge is 0.383 e. The zero-order chi connectivity index (χ0) is 19.7. The van der Waals surface area contributed by atoms with Gasteiger partial charge in [-0.2, -0.15) is 5.10 Å². The first kappa shape index (κ1) is 18.9. The van der Waals surface area contributed by atoms with E-state index in [1.165, 1.54) is 16.8 Å². The molecule has 1 aliphatic carbocycles.